The Morgan fingerprint density at radius 1 is 1.12 bits per heavy atom. The van der Waals surface area contributed by atoms with Gasteiger partial charge in [-0.3, -0.25) is 14.5 Å². The first-order valence-electron chi connectivity index (χ1n) is 10.2. The molecule has 0 saturated carbocycles. The second-order valence-electron chi connectivity index (χ2n) is 7.59. The smallest absolute Gasteiger partial charge is 0.475 e. The number of carboxylic acid groups (broad SMARTS) is 1. The van der Waals surface area contributed by atoms with Crippen LogP contribution in [0.4, 0.5) is 13.2 Å². The number of amides is 1. The molecule has 1 aliphatic rings. The molecule has 0 saturated heterocycles. The summed E-state index contributed by atoms with van der Waals surface area (Å²) >= 11 is 0. The number of carboxylic acids is 1. The molecule has 0 unspecified atom stereocenters. The molecule has 3 heterocycles. The van der Waals surface area contributed by atoms with Gasteiger partial charge in [-0.1, -0.05) is 18.2 Å². The minimum Gasteiger partial charge on any atom is -0.475 e. The van der Waals surface area contributed by atoms with E-state index >= 15 is 0 Å². The lowest BCUT2D eigenvalue weighted by Crippen LogP contribution is -2.31. The maximum Gasteiger partial charge on any atom is 0.490 e. The number of alkyl halides is 3. The fourth-order valence-electron chi connectivity index (χ4n) is 3.66. The monoisotopic (exact) mass is 460 g/mol. The summed E-state index contributed by atoms with van der Waals surface area (Å²) in [7, 11) is 1.96. The number of aryl methyl sites for hydroxylation is 2. The number of carbonyl (C=O) groups excluding carboxylic acids is 1. The summed E-state index contributed by atoms with van der Waals surface area (Å²) in [4.78, 5) is 28.1. The van der Waals surface area contributed by atoms with Gasteiger partial charge in [0.15, 0.2) is 0 Å². The molecular formula is C23H23F3N4O3. The van der Waals surface area contributed by atoms with Crippen molar-refractivity contribution in [2.24, 2.45) is 7.05 Å². The van der Waals surface area contributed by atoms with Gasteiger partial charge >= 0.3 is 12.1 Å². The molecule has 0 bridgehead atoms. The van der Waals surface area contributed by atoms with E-state index in [0.29, 0.717) is 6.54 Å². The van der Waals surface area contributed by atoms with Gasteiger partial charge in [-0.25, -0.2) is 4.79 Å². The summed E-state index contributed by atoms with van der Waals surface area (Å²) in [5.74, 6) is -2.66. The summed E-state index contributed by atoms with van der Waals surface area (Å²) in [6.07, 6.45) is 0.395. The second-order valence-corrected chi connectivity index (χ2v) is 7.59. The number of pyridine rings is 1. The average molecular weight is 460 g/mol. The highest BCUT2D eigenvalue weighted by atomic mass is 19.4. The molecule has 1 aromatic carbocycles. The quantitative estimate of drug-likeness (QED) is 0.624. The first kappa shape index (κ1) is 24.0. The van der Waals surface area contributed by atoms with Crippen LogP contribution in [0.25, 0.3) is 11.3 Å². The highest BCUT2D eigenvalue weighted by Gasteiger charge is 2.38. The Hall–Kier alpha value is -3.69. The molecule has 10 heteroatoms. The minimum absolute atomic E-state index is 0.0973. The fraction of sp³-hybridized carbons (Fsp3) is 0.304. The van der Waals surface area contributed by atoms with Crippen LogP contribution < -0.4 is 0 Å². The maximum absolute atomic E-state index is 13.1. The molecule has 4 rings (SSSR count). The lowest BCUT2D eigenvalue weighted by Gasteiger charge is -2.22. The molecule has 174 valence electrons. The molecule has 0 fully saturated rings. The maximum atomic E-state index is 13.1. The number of hydrogen-bond donors (Lipinski definition) is 1. The van der Waals surface area contributed by atoms with Crippen LogP contribution in [-0.2, 0) is 24.8 Å². The number of rotatable bonds is 2. The Bertz CT molecular complexity index is 1140. The van der Waals surface area contributed by atoms with E-state index in [4.69, 9.17) is 15.0 Å². The number of carbonyl (C=O) groups is 2. The third-order valence-electron chi connectivity index (χ3n) is 5.31. The van der Waals surface area contributed by atoms with Gasteiger partial charge in [0.05, 0.1) is 17.9 Å². The van der Waals surface area contributed by atoms with Crippen molar-refractivity contribution < 1.29 is 27.9 Å². The number of aliphatic carboxylic acids is 1. The van der Waals surface area contributed by atoms with Crippen LogP contribution in [0.1, 0.15) is 33.6 Å². The van der Waals surface area contributed by atoms with Crippen molar-refractivity contribution in [1.29, 1.82) is 0 Å². The van der Waals surface area contributed by atoms with Gasteiger partial charge < -0.3 is 10.0 Å². The summed E-state index contributed by atoms with van der Waals surface area (Å²) in [5.41, 5.74) is 6.17. The number of halogens is 3. The standard InChI is InChI=1S/C21H22N4O.C2HF3O2/c1-15-7-3-4-9-17(15)21(26)25-12-6-10-18-19(14-25)24(2)23-20(18)16-8-5-11-22-13-16;3-2(4,5)1(6)7/h3-5,7-9,11,13H,6,10,12,14H2,1-2H3;(H,6,7). The van der Waals surface area contributed by atoms with Crippen LogP contribution in [-0.4, -0.2) is 49.4 Å². The van der Waals surface area contributed by atoms with Gasteiger partial charge in [0.1, 0.15) is 0 Å². The Morgan fingerprint density at radius 3 is 2.42 bits per heavy atom. The molecule has 0 aliphatic carbocycles. The molecule has 1 aliphatic heterocycles. The van der Waals surface area contributed by atoms with Crippen molar-refractivity contribution in [2.45, 2.75) is 32.5 Å². The number of fused-ring (bicyclic) bond motifs is 1. The molecular weight excluding hydrogens is 437 g/mol. The van der Waals surface area contributed by atoms with Crippen LogP contribution in [0.5, 0.6) is 0 Å². The van der Waals surface area contributed by atoms with E-state index < -0.39 is 12.1 Å². The predicted octanol–water partition coefficient (Wildman–Crippen LogP) is 4.01. The summed E-state index contributed by atoms with van der Waals surface area (Å²) < 4.78 is 33.7. The molecule has 0 spiro atoms. The SMILES string of the molecule is Cc1ccccc1C(=O)N1CCCc2c(-c3cccnc3)nn(C)c2C1.O=C(O)C(F)(F)F. The minimum atomic E-state index is -5.08. The zero-order valence-electron chi connectivity index (χ0n) is 18.1. The first-order chi connectivity index (χ1) is 15.6. The highest BCUT2D eigenvalue weighted by molar-refractivity contribution is 5.95. The van der Waals surface area contributed by atoms with Crippen LogP contribution in [0.15, 0.2) is 48.8 Å². The van der Waals surface area contributed by atoms with Crippen molar-refractivity contribution in [3.8, 4) is 11.3 Å². The molecule has 0 atom stereocenters. The third-order valence-corrected chi connectivity index (χ3v) is 5.31. The van der Waals surface area contributed by atoms with E-state index in [9.17, 15) is 18.0 Å². The van der Waals surface area contributed by atoms with Crippen LogP contribution in [0.3, 0.4) is 0 Å². The first-order valence-corrected chi connectivity index (χ1v) is 10.2. The fourth-order valence-corrected chi connectivity index (χ4v) is 3.66. The lowest BCUT2D eigenvalue weighted by molar-refractivity contribution is -0.192. The molecule has 7 nitrogen and oxygen atoms in total. The van der Waals surface area contributed by atoms with Crippen LogP contribution in [0, 0.1) is 6.92 Å². The van der Waals surface area contributed by atoms with Crippen molar-refractivity contribution >= 4 is 11.9 Å². The Balaban J connectivity index is 0.000000383. The molecule has 0 radical (unpaired) electrons. The van der Waals surface area contributed by atoms with Gasteiger partial charge in [-0.2, -0.15) is 18.3 Å². The van der Waals surface area contributed by atoms with Gasteiger partial charge in [0.2, 0.25) is 0 Å². The molecule has 2 aromatic heterocycles. The zero-order valence-corrected chi connectivity index (χ0v) is 18.1. The van der Waals surface area contributed by atoms with E-state index in [-0.39, 0.29) is 5.91 Å². The summed E-state index contributed by atoms with van der Waals surface area (Å²) in [6, 6.07) is 11.8. The van der Waals surface area contributed by atoms with E-state index in [1.54, 1.807) is 6.20 Å². The van der Waals surface area contributed by atoms with Gasteiger partial charge in [-0.05, 0) is 43.5 Å². The molecule has 1 amide bonds. The topological polar surface area (TPSA) is 88.3 Å². The van der Waals surface area contributed by atoms with E-state index in [1.807, 2.05) is 66.1 Å². The average Bonchev–Trinajstić information content (AvgIpc) is 2.95. The number of hydrogen-bond acceptors (Lipinski definition) is 4. The Labute approximate surface area is 188 Å². The van der Waals surface area contributed by atoms with E-state index in [1.165, 1.54) is 5.56 Å². The van der Waals surface area contributed by atoms with Crippen molar-refractivity contribution in [3.63, 3.8) is 0 Å². The molecule has 1 N–H and O–H groups in total. The third kappa shape index (κ3) is 5.57. The number of benzene rings is 1. The van der Waals surface area contributed by atoms with Gasteiger partial charge in [0, 0.05) is 42.7 Å². The number of aromatic nitrogens is 3. The summed E-state index contributed by atoms with van der Waals surface area (Å²) in [6.45, 7) is 3.33. The van der Waals surface area contributed by atoms with Crippen LogP contribution >= 0.6 is 0 Å². The Kier molecular flexibility index (Phi) is 7.15. The van der Waals surface area contributed by atoms with E-state index in [0.717, 1.165) is 47.5 Å². The highest BCUT2D eigenvalue weighted by Crippen LogP contribution is 2.29. The van der Waals surface area contributed by atoms with Gasteiger partial charge in [-0.15, -0.1) is 0 Å². The van der Waals surface area contributed by atoms with Crippen molar-refractivity contribution in [3.05, 3.63) is 71.2 Å². The molecule has 33 heavy (non-hydrogen) atoms. The van der Waals surface area contributed by atoms with Crippen molar-refractivity contribution in [2.75, 3.05) is 6.54 Å². The van der Waals surface area contributed by atoms with Gasteiger partial charge in [0.25, 0.3) is 5.91 Å². The van der Waals surface area contributed by atoms with Crippen LogP contribution in [0.2, 0.25) is 0 Å². The number of nitrogens with zero attached hydrogens (tertiary/aromatic N) is 4. The largest absolute Gasteiger partial charge is 0.490 e. The molecule has 3 aromatic rings. The second kappa shape index (κ2) is 9.85. The van der Waals surface area contributed by atoms with Crippen molar-refractivity contribution in [1.82, 2.24) is 19.7 Å². The predicted molar refractivity (Wildman–Crippen MR) is 114 cm³/mol. The zero-order chi connectivity index (χ0) is 24.2. The van der Waals surface area contributed by atoms with E-state index in [2.05, 4.69) is 4.98 Å². The summed E-state index contributed by atoms with van der Waals surface area (Å²) in [5, 5.41) is 11.9. The lowest BCUT2D eigenvalue weighted by atomic mass is 10.0. The normalized spacial score (nSPS) is 13.4. The Morgan fingerprint density at radius 2 is 1.82 bits per heavy atom.